The predicted octanol–water partition coefficient (Wildman–Crippen LogP) is 1.90. The van der Waals surface area contributed by atoms with Gasteiger partial charge in [0.15, 0.2) is 0 Å². The van der Waals surface area contributed by atoms with Gasteiger partial charge in [0.25, 0.3) is 0 Å². The van der Waals surface area contributed by atoms with E-state index in [-0.39, 0.29) is 5.91 Å². The van der Waals surface area contributed by atoms with E-state index in [4.69, 9.17) is 0 Å². The molecule has 20 heavy (non-hydrogen) atoms. The fraction of sp³-hybridized carbons (Fsp3) is 0.938. The number of nitrogens with zero attached hydrogens (tertiary/aromatic N) is 1. The molecule has 2 rings (SSSR count). The maximum absolute atomic E-state index is 11.7. The van der Waals surface area contributed by atoms with Gasteiger partial charge >= 0.3 is 0 Å². The third-order valence-electron chi connectivity index (χ3n) is 4.59. The molecule has 2 aliphatic rings. The Bertz CT molecular complexity index is 269. The van der Waals surface area contributed by atoms with E-state index in [1.165, 1.54) is 64.5 Å². The number of hydrogen-bond donors (Lipinski definition) is 2. The fourth-order valence-electron chi connectivity index (χ4n) is 3.32. The molecule has 1 aliphatic carbocycles. The van der Waals surface area contributed by atoms with E-state index in [0.29, 0.717) is 12.5 Å². The summed E-state index contributed by atoms with van der Waals surface area (Å²) >= 11 is 0. The predicted molar refractivity (Wildman–Crippen MR) is 82.8 cm³/mol. The van der Waals surface area contributed by atoms with Crippen molar-refractivity contribution in [2.45, 2.75) is 63.8 Å². The van der Waals surface area contributed by atoms with Crippen LogP contribution in [0.5, 0.6) is 0 Å². The van der Waals surface area contributed by atoms with Crippen molar-refractivity contribution in [3.05, 3.63) is 0 Å². The molecule has 1 aliphatic heterocycles. The van der Waals surface area contributed by atoms with Gasteiger partial charge in [0.1, 0.15) is 0 Å². The van der Waals surface area contributed by atoms with Crippen LogP contribution in [0.25, 0.3) is 0 Å². The molecular formula is C16H31N3O. The topological polar surface area (TPSA) is 44.4 Å². The van der Waals surface area contributed by atoms with Gasteiger partial charge in [0.05, 0.1) is 0 Å². The van der Waals surface area contributed by atoms with Gasteiger partial charge in [-0.05, 0) is 38.8 Å². The molecule has 0 aromatic rings. The Morgan fingerprint density at radius 2 is 1.65 bits per heavy atom. The second-order valence-corrected chi connectivity index (χ2v) is 6.29. The van der Waals surface area contributed by atoms with Crippen molar-refractivity contribution in [1.29, 1.82) is 0 Å². The van der Waals surface area contributed by atoms with Crippen molar-refractivity contribution in [3.8, 4) is 0 Å². The van der Waals surface area contributed by atoms with Crippen molar-refractivity contribution in [1.82, 2.24) is 15.5 Å². The van der Waals surface area contributed by atoms with E-state index in [1.807, 2.05) is 0 Å². The summed E-state index contributed by atoms with van der Waals surface area (Å²) < 4.78 is 0. The molecule has 0 atom stereocenters. The molecule has 0 radical (unpaired) electrons. The molecule has 1 saturated heterocycles. The first-order valence-corrected chi connectivity index (χ1v) is 8.57. The molecule has 116 valence electrons. The van der Waals surface area contributed by atoms with Crippen LogP contribution in [0.3, 0.4) is 0 Å². The lowest BCUT2D eigenvalue weighted by Gasteiger charge is -2.17. The maximum Gasteiger partial charge on any atom is 0.221 e. The van der Waals surface area contributed by atoms with Gasteiger partial charge in [0, 0.05) is 32.1 Å². The highest BCUT2D eigenvalue weighted by Crippen LogP contribution is 2.16. The van der Waals surface area contributed by atoms with Gasteiger partial charge in [-0.15, -0.1) is 0 Å². The first-order valence-electron chi connectivity index (χ1n) is 8.57. The summed E-state index contributed by atoms with van der Waals surface area (Å²) in [5.74, 6) is 0.208. The second-order valence-electron chi connectivity index (χ2n) is 6.29. The van der Waals surface area contributed by atoms with Gasteiger partial charge in [-0.3, -0.25) is 4.79 Å². The smallest absolute Gasteiger partial charge is 0.221 e. The normalized spacial score (nSPS) is 21.8. The molecule has 2 fully saturated rings. The molecular weight excluding hydrogens is 250 g/mol. The maximum atomic E-state index is 11.7. The molecule has 1 saturated carbocycles. The molecule has 1 amide bonds. The monoisotopic (exact) mass is 281 g/mol. The lowest BCUT2D eigenvalue weighted by Crippen LogP contribution is -2.37. The minimum atomic E-state index is 0.208. The average molecular weight is 281 g/mol. The highest BCUT2D eigenvalue weighted by atomic mass is 16.1. The lowest BCUT2D eigenvalue weighted by atomic mass is 10.1. The zero-order valence-corrected chi connectivity index (χ0v) is 12.8. The Hall–Kier alpha value is -0.610. The number of carbonyl (C=O) groups excluding carboxylic acids is 1. The van der Waals surface area contributed by atoms with Crippen LogP contribution >= 0.6 is 0 Å². The van der Waals surface area contributed by atoms with E-state index >= 15 is 0 Å². The zero-order valence-electron chi connectivity index (χ0n) is 12.8. The lowest BCUT2D eigenvalue weighted by molar-refractivity contribution is -0.121. The molecule has 4 heteroatoms. The Balaban J connectivity index is 1.46. The Labute approximate surface area is 123 Å². The Morgan fingerprint density at radius 3 is 2.35 bits per heavy atom. The number of rotatable bonds is 7. The summed E-state index contributed by atoms with van der Waals surface area (Å²) in [5, 5.41) is 6.62. The largest absolute Gasteiger partial charge is 0.355 e. The SMILES string of the molecule is O=C(CCN1CCCC1)NCCNC1CCCCCC1. The molecule has 4 nitrogen and oxygen atoms in total. The van der Waals surface area contributed by atoms with E-state index < -0.39 is 0 Å². The Morgan fingerprint density at radius 1 is 0.950 bits per heavy atom. The van der Waals surface area contributed by atoms with Crippen LogP contribution in [0, 0.1) is 0 Å². The van der Waals surface area contributed by atoms with E-state index in [1.54, 1.807) is 0 Å². The van der Waals surface area contributed by atoms with Gasteiger partial charge < -0.3 is 15.5 Å². The highest BCUT2D eigenvalue weighted by Gasteiger charge is 2.13. The Kier molecular flexibility index (Phi) is 7.37. The highest BCUT2D eigenvalue weighted by molar-refractivity contribution is 5.76. The molecule has 2 N–H and O–H groups in total. The molecule has 0 aromatic heterocycles. The van der Waals surface area contributed by atoms with Gasteiger partial charge in [-0.25, -0.2) is 0 Å². The third kappa shape index (κ3) is 6.23. The number of hydrogen-bond acceptors (Lipinski definition) is 3. The summed E-state index contributed by atoms with van der Waals surface area (Å²) in [7, 11) is 0. The number of likely N-dealkylation sites (tertiary alicyclic amines) is 1. The minimum Gasteiger partial charge on any atom is -0.355 e. The van der Waals surface area contributed by atoms with Gasteiger partial charge in [-0.1, -0.05) is 25.7 Å². The molecule has 0 unspecified atom stereocenters. The molecule has 0 aromatic carbocycles. The molecule has 0 spiro atoms. The van der Waals surface area contributed by atoms with Crippen LogP contribution in [0.4, 0.5) is 0 Å². The van der Waals surface area contributed by atoms with Crippen LogP contribution in [-0.2, 0) is 4.79 Å². The van der Waals surface area contributed by atoms with E-state index in [9.17, 15) is 4.79 Å². The first-order chi connectivity index (χ1) is 9.84. The summed E-state index contributed by atoms with van der Waals surface area (Å²) in [4.78, 5) is 14.1. The van der Waals surface area contributed by atoms with Crippen LogP contribution < -0.4 is 10.6 Å². The third-order valence-corrected chi connectivity index (χ3v) is 4.59. The van der Waals surface area contributed by atoms with E-state index in [2.05, 4.69) is 15.5 Å². The van der Waals surface area contributed by atoms with Crippen molar-refractivity contribution in [2.75, 3.05) is 32.7 Å². The molecule has 0 bridgehead atoms. The summed E-state index contributed by atoms with van der Waals surface area (Å²) in [5.41, 5.74) is 0. The first kappa shape index (κ1) is 15.8. The van der Waals surface area contributed by atoms with Crippen LogP contribution in [-0.4, -0.2) is 49.6 Å². The number of amides is 1. The van der Waals surface area contributed by atoms with Gasteiger partial charge in [0.2, 0.25) is 5.91 Å². The summed E-state index contributed by atoms with van der Waals surface area (Å²) in [6.07, 6.45) is 11.4. The fourth-order valence-corrected chi connectivity index (χ4v) is 3.32. The second kappa shape index (κ2) is 9.35. The van der Waals surface area contributed by atoms with Crippen molar-refractivity contribution in [3.63, 3.8) is 0 Å². The van der Waals surface area contributed by atoms with Crippen molar-refractivity contribution in [2.24, 2.45) is 0 Å². The number of nitrogens with one attached hydrogen (secondary N) is 2. The molecule has 1 heterocycles. The minimum absolute atomic E-state index is 0.208. The van der Waals surface area contributed by atoms with Crippen molar-refractivity contribution < 1.29 is 4.79 Å². The average Bonchev–Trinajstić information content (AvgIpc) is 2.84. The van der Waals surface area contributed by atoms with Crippen LogP contribution in [0.15, 0.2) is 0 Å². The zero-order chi connectivity index (χ0) is 14.0. The number of carbonyl (C=O) groups is 1. The van der Waals surface area contributed by atoms with Crippen molar-refractivity contribution >= 4 is 5.91 Å². The standard InChI is InChI=1S/C16H31N3O/c20-16(9-14-19-12-5-6-13-19)18-11-10-17-15-7-3-1-2-4-8-15/h15,17H,1-14H2,(H,18,20). The van der Waals surface area contributed by atoms with Gasteiger partial charge in [-0.2, -0.15) is 0 Å². The summed E-state index contributed by atoms with van der Waals surface area (Å²) in [6.45, 7) is 4.98. The van der Waals surface area contributed by atoms with E-state index in [0.717, 1.165) is 19.6 Å². The van der Waals surface area contributed by atoms with Crippen LogP contribution in [0.2, 0.25) is 0 Å². The van der Waals surface area contributed by atoms with Crippen LogP contribution in [0.1, 0.15) is 57.8 Å². The summed E-state index contributed by atoms with van der Waals surface area (Å²) in [6, 6.07) is 0.680. The quantitative estimate of drug-likeness (QED) is 0.553.